The van der Waals surface area contributed by atoms with Crippen LogP contribution in [0.3, 0.4) is 0 Å². The van der Waals surface area contributed by atoms with Gasteiger partial charge < -0.3 is 15.2 Å². The topological polar surface area (TPSA) is 41.5 Å². The number of nitrogens with one attached hydrogen (secondary N) is 1. The largest absolute Gasteiger partial charge is 0.494 e. The van der Waals surface area contributed by atoms with Crippen LogP contribution in [0.25, 0.3) is 0 Å². The lowest BCUT2D eigenvalue weighted by atomic mass is 9.89. The SMILES string of the molecule is COc1ccc(C(C)NCCCC(C)(C)CO)cc1F. The molecule has 0 radical (unpaired) electrons. The van der Waals surface area contributed by atoms with E-state index in [9.17, 15) is 9.50 Å². The Morgan fingerprint density at radius 1 is 1.40 bits per heavy atom. The van der Waals surface area contributed by atoms with Crippen molar-refractivity contribution in [1.29, 1.82) is 0 Å². The fourth-order valence-corrected chi connectivity index (χ4v) is 2.03. The molecule has 0 spiro atoms. The molecule has 0 aromatic heterocycles. The van der Waals surface area contributed by atoms with Gasteiger partial charge in [0, 0.05) is 12.6 Å². The maximum atomic E-state index is 13.6. The lowest BCUT2D eigenvalue weighted by Gasteiger charge is -2.22. The Hall–Kier alpha value is -1.13. The highest BCUT2D eigenvalue weighted by molar-refractivity contribution is 5.30. The number of hydrogen-bond acceptors (Lipinski definition) is 3. The second kappa shape index (κ2) is 7.60. The van der Waals surface area contributed by atoms with Crippen molar-refractivity contribution >= 4 is 0 Å². The summed E-state index contributed by atoms with van der Waals surface area (Å²) < 4.78 is 18.5. The van der Waals surface area contributed by atoms with Crippen LogP contribution < -0.4 is 10.1 Å². The number of benzene rings is 1. The van der Waals surface area contributed by atoms with Gasteiger partial charge in [0.25, 0.3) is 0 Å². The van der Waals surface area contributed by atoms with Crippen molar-refractivity contribution in [3.63, 3.8) is 0 Å². The summed E-state index contributed by atoms with van der Waals surface area (Å²) in [5.74, 6) is -0.0642. The van der Waals surface area contributed by atoms with Gasteiger partial charge in [-0.15, -0.1) is 0 Å². The summed E-state index contributed by atoms with van der Waals surface area (Å²) in [6.45, 7) is 7.16. The molecular weight excluding hydrogens is 257 g/mol. The molecule has 20 heavy (non-hydrogen) atoms. The van der Waals surface area contributed by atoms with E-state index in [1.807, 2.05) is 13.0 Å². The molecule has 1 aromatic rings. The fourth-order valence-electron chi connectivity index (χ4n) is 2.03. The number of ether oxygens (including phenoxy) is 1. The summed E-state index contributed by atoms with van der Waals surface area (Å²) >= 11 is 0. The van der Waals surface area contributed by atoms with Gasteiger partial charge in [0.05, 0.1) is 7.11 Å². The van der Waals surface area contributed by atoms with E-state index in [1.54, 1.807) is 6.07 Å². The molecule has 1 unspecified atom stereocenters. The molecule has 1 rings (SSSR count). The van der Waals surface area contributed by atoms with E-state index in [1.165, 1.54) is 13.2 Å². The Kier molecular flexibility index (Phi) is 6.43. The van der Waals surface area contributed by atoms with E-state index in [0.29, 0.717) is 0 Å². The van der Waals surface area contributed by atoms with Crippen LogP contribution in [0, 0.1) is 11.2 Å². The lowest BCUT2D eigenvalue weighted by Crippen LogP contribution is -2.23. The molecule has 0 heterocycles. The maximum Gasteiger partial charge on any atom is 0.165 e. The van der Waals surface area contributed by atoms with Crippen molar-refractivity contribution in [3.8, 4) is 5.75 Å². The Morgan fingerprint density at radius 2 is 2.10 bits per heavy atom. The minimum absolute atomic E-state index is 0.0306. The first-order valence-corrected chi connectivity index (χ1v) is 7.07. The first-order valence-electron chi connectivity index (χ1n) is 7.07. The highest BCUT2D eigenvalue weighted by Gasteiger charge is 2.16. The number of rotatable bonds is 8. The minimum Gasteiger partial charge on any atom is -0.494 e. The highest BCUT2D eigenvalue weighted by Crippen LogP contribution is 2.23. The van der Waals surface area contributed by atoms with Crippen molar-refractivity contribution in [1.82, 2.24) is 5.32 Å². The van der Waals surface area contributed by atoms with Gasteiger partial charge in [0.15, 0.2) is 11.6 Å². The van der Waals surface area contributed by atoms with E-state index in [-0.39, 0.29) is 29.6 Å². The average Bonchev–Trinajstić information content (AvgIpc) is 2.43. The molecular formula is C16H26FNO2. The minimum atomic E-state index is -0.333. The van der Waals surface area contributed by atoms with Gasteiger partial charge in [-0.05, 0) is 49.4 Å². The molecule has 3 nitrogen and oxygen atoms in total. The van der Waals surface area contributed by atoms with Gasteiger partial charge in [0.2, 0.25) is 0 Å². The summed E-state index contributed by atoms with van der Waals surface area (Å²) in [6, 6.07) is 5.12. The first-order chi connectivity index (χ1) is 9.39. The average molecular weight is 283 g/mol. The zero-order valence-corrected chi connectivity index (χ0v) is 12.9. The van der Waals surface area contributed by atoms with Crippen LogP contribution in [0.2, 0.25) is 0 Å². The smallest absolute Gasteiger partial charge is 0.165 e. The van der Waals surface area contributed by atoms with Crippen molar-refractivity contribution in [2.45, 2.75) is 39.7 Å². The predicted octanol–water partition coefficient (Wildman–Crippen LogP) is 3.28. The van der Waals surface area contributed by atoms with E-state index < -0.39 is 0 Å². The van der Waals surface area contributed by atoms with E-state index in [0.717, 1.165) is 24.9 Å². The first kappa shape index (κ1) is 16.9. The summed E-state index contributed by atoms with van der Waals surface area (Å²) in [7, 11) is 1.46. The number of methoxy groups -OCH3 is 1. The fraction of sp³-hybridized carbons (Fsp3) is 0.625. The Morgan fingerprint density at radius 3 is 2.65 bits per heavy atom. The molecule has 0 saturated carbocycles. The molecule has 0 bridgehead atoms. The van der Waals surface area contributed by atoms with Crippen LogP contribution in [0.4, 0.5) is 4.39 Å². The third kappa shape index (κ3) is 5.10. The Bertz CT molecular complexity index is 421. The Labute approximate surface area is 121 Å². The van der Waals surface area contributed by atoms with Crippen LogP contribution in [0.15, 0.2) is 18.2 Å². The summed E-state index contributed by atoms with van der Waals surface area (Å²) in [5.41, 5.74) is 0.877. The monoisotopic (exact) mass is 283 g/mol. The second-order valence-electron chi connectivity index (χ2n) is 6.00. The summed E-state index contributed by atoms with van der Waals surface area (Å²) in [5, 5.41) is 12.6. The second-order valence-corrected chi connectivity index (χ2v) is 6.00. The van der Waals surface area contributed by atoms with Crippen LogP contribution in [0.5, 0.6) is 5.75 Å². The molecule has 0 amide bonds. The van der Waals surface area contributed by atoms with Crippen LogP contribution in [-0.4, -0.2) is 25.4 Å². The molecule has 0 fully saturated rings. The quantitative estimate of drug-likeness (QED) is 0.719. The normalized spacial score (nSPS) is 13.3. The van der Waals surface area contributed by atoms with Crippen LogP contribution in [-0.2, 0) is 0 Å². The third-order valence-corrected chi connectivity index (χ3v) is 3.58. The zero-order chi connectivity index (χ0) is 15.2. The van der Waals surface area contributed by atoms with E-state index >= 15 is 0 Å². The number of aliphatic hydroxyl groups excluding tert-OH is 1. The Balaban J connectivity index is 2.43. The van der Waals surface area contributed by atoms with Gasteiger partial charge in [-0.2, -0.15) is 0 Å². The third-order valence-electron chi connectivity index (χ3n) is 3.58. The predicted molar refractivity (Wildman–Crippen MR) is 79.5 cm³/mol. The lowest BCUT2D eigenvalue weighted by molar-refractivity contribution is 0.147. The molecule has 1 atom stereocenters. The van der Waals surface area contributed by atoms with Crippen molar-refractivity contribution in [2.75, 3.05) is 20.3 Å². The molecule has 0 aliphatic carbocycles. The maximum absolute atomic E-state index is 13.6. The molecule has 0 aliphatic rings. The summed E-state index contributed by atoms with van der Waals surface area (Å²) in [6.07, 6.45) is 1.94. The number of aliphatic hydroxyl groups is 1. The van der Waals surface area contributed by atoms with Gasteiger partial charge >= 0.3 is 0 Å². The molecule has 4 heteroatoms. The highest BCUT2D eigenvalue weighted by atomic mass is 19.1. The van der Waals surface area contributed by atoms with Gasteiger partial charge in [-0.25, -0.2) is 4.39 Å². The molecule has 114 valence electrons. The standard InChI is InChI=1S/C16H26FNO2/c1-12(18-9-5-8-16(2,3)11-19)13-6-7-15(20-4)14(17)10-13/h6-7,10,12,18-19H,5,8-9,11H2,1-4H3. The molecule has 0 saturated heterocycles. The van der Waals surface area contributed by atoms with Gasteiger partial charge in [-0.3, -0.25) is 0 Å². The van der Waals surface area contributed by atoms with Crippen LogP contribution >= 0.6 is 0 Å². The zero-order valence-electron chi connectivity index (χ0n) is 12.9. The summed E-state index contributed by atoms with van der Waals surface area (Å²) in [4.78, 5) is 0. The molecule has 2 N–H and O–H groups in total. The molecule has 1 aromatic carbocycles. The van der Waals surface area contributed by atoms with E-state index in [2.05, 4.69) is 19.2 Å². The van der Waals surface area contributed by atoms with Crippen LogP contribution in [0.1, 0.15) is 45.2 Å². The molecule has 0 aliphatic heterocycles. The van der Waals surface area contributed by atoms with Gasteiger partial charge in [0.1, 0.15) is 0 Å². The number of halogens is 1. The van der Waals surface area contributed by atoms with Crippen molar-refractivity contribution in [3.05, 3.63) is 29.6 Å². The van der Waals surface area contributed by atoms with Crippen molar-refractivity contribution in [2.24, 2.45) is 5.41 Å². The van der Waals surface area contributed by atoms with E-state index in [4.69, 9.17) is 4.74 Å². The van der Waals surface area contributed by atoms with Gasteiger partial charge in [-0.1, -0.05) is 19.9 Å². The van der Waals surface area contributed by atoms with Crippen molar-refractivity contribution < 1.29 is 14.2 Å². The number of hydrogen-bond donors (Lipinski definition) is 2.